The number of carbonyl (C=O) groups is 1. The van der Waals surface area contributed by atoms with Crippen LogP contribution in [-0.2, 0) is 16.1 Å². The summed E-state index contributed by atoms with van der Waals surface area (Å²) in [5, 5.41) is 0. The first-order valence-corrected chi connectivity index (χ1v) is 7.79. The Morgan fingerprint density at radius 2 is 2.10 bits per heavy atom. The van der Waals surface area contributed by atoms with Crippen molar-refractivity contribution in [2.75, 3.05) is 18.1 Å². The summed E-state index contributed by atoms with van der Waals surface area (Å²) in [5.41, 5.74) is 0. The molecule has 0 aliphatic heterocycles. The van der Waals surface area contributed by atoms with Crippen LogP contribution in [0.3, 0.4) is 0 Å². The number of hydrogen-bond acceptors (Lipinski definition) is 4. The maximum Gasteiger partial charge on any atom is 0.304 e. The molecule has 0 unspecified atom stereocenters. The van der Waals surface area contributed by atoms with Crippen LogP contribution in [0, 0.1) is 11.8 Å². The first-order valence-electron chi connectivity index (χ1n) is 7.79. The fraction of sp³-hybridized carbons (Fsp3) is 0.750. The lowest BCUT2D eigenvalue weighted by Gasteiger charge is -2.20. The molecule has 0 aliphatic rings. The van der Waals surface area contributed by atoms with E-state index in [4.69, 9.17) is 9.15 Å². The van der Waals surface area contributed by atoms with E-state index in [1.165, 1.54) is 0 Å². The summed E-state index contributed by atoms with van der Waals surface area (Å²) in [6.07, 6.45) is 3.59. The van der Waals surface area contributed by atoms with Crippen molar-refractivity contribution < 1.29 is 13.9 Å². The number of oxazole rings is 1. The van der Waals surface area contributed by atoms with Crippen LogP contribution in [0.25, 0.3) is 0 Å². The Bertz CT molecular complexity index is 427. The first-order chi connectivity index (χ1) is 9.95. The van der Waals surface area contributed by atoms with Crippen molar-refractivity contribution >= 4 is 11.9 Å². The largest absolute Gasteiger partial charge is 0.426 e. The van der Waals surface area contributed by atoms with E-state index in [0.717, 1.165) is 12.8 Å². The van der Waals surface area contributed by atoms with E-state index < -0.39 is 0 Å². The molecule has 0 fully saturated rings. The highest BCUT2D eigenvalue weighted by Crippen LogP contribution is 2.18. The van der Waals surface area contributed by atoms with Crippen molar-refractivity contribution in [3.63, 3.8) is 0 Å². The molecule has 0 N–H and O–H groups in total. The van der Waals surface area contributed by atoms with E-state index in [-0.39, 0.29) is 11.8 Å². The predicted molar refractivity (Wildman–Crippen MR) is 83.1 cm³/mol. The number of aromatic nitrogens is 1. The molecule has 0 spiro atoms. The minimum Gasteiger partial charge on any atom is -0.426 e. The van der Waals surface area contributed by atoms with Crippen molar-refractivity contribution in [1.29, 1.82) is 0 Å². The molecule has 0 aromatic carbocycles. The van der Waals surface area contributed by atoms with Crippen LogP contribution < -0.4 is 4.90 Å². The first kappa shape index (κ1) is 17.7. The second-order valence-corrected chi connectivity index (χ2v) is 6.02. The summed E-state index contributed by atoms with van der Waals surface area (Å²) in [6, 6.07) is 0.380. The van der Waals surface area contributed by atoms with Gasteiger partial charge in [0.2, 0.25) is 5.91 Å². The van der Waals surface area contributed by atoms with Crippen molar-refractivity contribution in [3.8, 4) is 0 Å². The third kappa shape index (κ3) is 5.87. The van der Waals surface area contributed by atoms with Gasteiger partial charge in [-0.05, 0) is 12.3 Å². The zero-order valence-corrected chi connectivity index (χ0v) is 13.9. The van der Waals surface area contributed by atoms with Crippen molar-refractivity contribution in [3.05, 3.63) is 12.0 Å². The van der Waals surface area contributed by atoms with Crippen molar-refractivity contribution in [2.24, 2.45) is 11.8 Å². The molecular weight excluding hydrogens is 268 g/mol. The summed E-state index contributed by atoms with van der Waals surface area (Å²) >= 11 is 0. The molecule has 0 atom stereocenters. The molecule has 0 bridgehead atoms. The fourth-order valence-corrected chi connectivity index (χ4v) is 1.81. The smallest absolute Gasteiger partial charge is 0.304 e. The Labute approximate surface area is 127 Å². The van der Waals surface area contributed by atoms with Crippen LogP contribution in [0.15, 0.2) is 10.6 Å². The van der Waals surface area contributed by atoms with E-state index in [1.54, 1.807) is 11.1 Å². The number of unbranched alkanes of at least 4 members (excludes halogenated alkanes) is 1. The minimum atomic E-state index is -0.0746. The van der Waals surface area contributed by atoms with Crippen LogP contribution in [0.4, 0.5) is 6.01 Å². The lowest BCUT2D eigenvalue weighted by molar-refractivity contribution is -0.121. The molecule has 0 radical (unpaired) electrons. The molecule has 1 heterocycles. The standard InChI is InChI=1S/C16H28N2O3/c1-6-7-8-18(15(19)13(4)5)16-17-9-14(21-16)11-20-10-12(2)3/h9,12-13H,6-8,10-11H2,1-5H3. The lowest BCUT2D eigenvalue weighted by Crippen LogP contribution is -2.35. The zero-order valence-electron chi connectivity index (χ0n) is 13.9. The number of rotatable bonds is 9. The van der Waals surface area contributed by atoms with Crippen LogP contribution >= 0.6 is 0 Å². The van der Waals surface area contributed by atoms with Crippen LogP contribution in [0.2, 0.25) is 0 Å². The van der Waals surface area contributed by atoms with Gasteiger partial charge in [-0.3, -0.25) is 9.69 Å². The number of carbonyl (C=O) groups excluding carboxylic acids is 1. The van der Waals surface area contributed by atoms with Gasteiger partial charge in [0, 0.05) is 19.1 Å². The van der Waals surface area contributed by atoms with Gasteiger partial charge >= 0.3 is 6.01 Å². The Kier molecular flexibility index (Phi) is 7.43. The van der Waals surface area contributed by atoms with Crippen molar-refractivity contribution in [1.82, 2.24) is 4.98 Å². The normalized spacial score (nSPS) is 11.4. The molecule has 0 saturated heterocycles. The Balaban J connectivity index is 2.70. The summed E-state index contributed by atoms with van der Waals surface area (Å²) < 4.78 is 11.2. The Hall–Kier alpha value is -1.36. The maximum absolute atomic E-state index is 12.3. The quantitative estimate of drug-likeness (QED) is 0.698. The summed E-state index contributed by atoms with van der Waals surface area (Å²) in [5.74, 6) is 1.11. The third-order valence-corrected chi connectivity index (χ3v) is 2.96. The van der Waals surface area contributed by atoms with E-state index in [2.05, 4.69) is 25.8 Å². The Morgan fingerprint density at radius 1 is 1.38 bits per heavy atom. The molecule has 5 nitrogen and oxygen atoms in total. The summed E-state index contributed by atoms with van der Waals surface area (Å²) in [7, 11) is 0. The molecule has 1 rings (SSSR count). The van der Waals surface area contributed by atoms with Crippen LogP contribution in [0.1, 0.15) is 53.2 Å². The number of hydrogen-bond donors (Lipinski definition) is 0. The highest BCUT2D eigenvalue weighted by Gasteiger charge is 2.22. The molecular formula is C16H28N2O3. The molecule has 0 saturated carbocycles. The molecule has 1 amide bonds. The van der Waals surface area contributed by atoms with Gasteiger partial charge in [0.15, 0.2) is 5.76 Å². The lowest BCUT2D eigenvalue weighted by atomic mass is 10.2. The third-order valence-electron chi connectivity index (χ3n) is 2.96. The molecule has 1 aromatic heterocycles. The number of amides is 1. The van der Waals surface area contributed by atoms with E-state index in [0.29, 0.717) is 37.5 Å². The van der Waals surface area contributed by atoms with Crippen LogP contribution in [-0.4, -0.2) is 24.0 Å². The van der Waals surface area contributed by atoms with Crippen LogP contribution in [0.5, 0.6) is 0 Å². The van der Waals surface area contributed by atoms with Gasteiger partial charge in [-0.2, -0.15) is 0 Å². The molecule has 5 heteroatoms. The number of nitrogens with zero attached hydrogens (tertiary/aromatic N) is 2. The highest BCUT2D eigenvalue weighted by atomic mass is 16.5. The number of ether oxygens (including phenoxy) is 1. The van der Waals surface area contributed by atoms with Gasteiger partial charge in [0.05, 0.1) is 6.20 Å². The average molecular weight is 296 g/mol. The van der Waals surface area contributed by atoms with Gasteiger partial charge in [-0.15, -0.1) is 0 Å². The SMILES string of the molecule is CCCCN(C(=O)C(C)C)c1ncc(COCC(C)C)o1. The summed E-state index contributed by atoms with van der Waals surface area (Å²) in [4.78, 5) is 18.1. The monoisotopic (exact) mass is 296 g/mol. The van der Waals surface area contributed by atoms with E-state index >= 15 is 0 Å². The second-order valence-electron chi connectivity index (χ2n) is 6.02. The highest BCUT2D eigenvalue weighted by molar-refractivity contribution is 5.92. The van der Waals surface area contributed by atoms with Gasteiger partial charge in [0.1, 0.15) is 6.61 Å². The van der Waals surface area contributed by atoms with Gasteiger partial charge in [0.25, 0.3) is 0 Å². The maximum atomic E-state index is 12.3. The summed E-state index contributed by atoms with van der Waals surface area (Å²) in [6.45, 7) is 11.8. The molecule has 120 valence electrons. The predicted octanol–water partition coefficient (Wildman–Crippen LogP) is 3.64. The average Bonchev–Trinajstić information content (AvgIpc) is 2.87. The molecule has 0 aliphatic carbocycles. The van der Waals surface area contributed by atoms with E-state index in [9.17, 15) is 4.79 Å². The van der Waals surface area contributed by atoms with Crippen molar-refractivity contribution in [2.45, 2.75) is 54.1 Å². The van der Waals surface area contributed by atoms with Gasteiger partial charge < -0.3 is 9.15 Å². The van der Waals surface area contributed by atoms with Gasteiger partial charge in [-0.25, -0.2) is 4.98 Å². The fourth-order valence-electron chi connectivity index (χ4n) is 1.81. The minimum absolute atomic E-state index is 0.0416. The zero-order chi connectivity index (χ0) is 15.8. The number of anilines is 1. The van der Waals surface area contributed by atoms with Gasteiger partial charge in [-0.1, -0.05) is 41.0 Å². The topological polar surface area (TPSA) is 55.6 Å². The van der Waals surface area contributed by atoms with E-state index in [1.807, 2.05) is 13.8 Å². The Morgan fingerprint density at radius 3 is 2.67 bits per heavy atom. The molecule has 21 heavy (non-hydrogen) atoms. The second kappa shape index (κ2) is 8.82. The molecule has 1 aromatic rings.